The lowest BCUT2D eigenvalue weighted by atomic mass is 10.1. The molecule has 0 amide bonds. The van der Waals surface area contributed by atoms with Crippen LogP contribution in [-0.2, 0) is 9.53 Å². The Bertz CT molecular complexity index is 137. The minimum Gasteiger partial charge on any atom is -0.466 e. The number of unbranched alkanes of at least 4 members (excludes halogenated alkanes) is 5. The van der Waals surface area contributed by atoms with Crippen molar-refractivity contribution in [2.75, 3.05) is 11.9 Å². The van der Waals surface area contributed by atoms with Crippen molar-refractivity contribution in [3.05, 3.63) is 0 Å². The first kappa shape index (κ1) is 13.9. The van der Waals surface area contributed by atoms with Gasteiger partial charge in [0.05, 0.1) is 13.0 Å². The van der Waals surface area contributed by atoms with Gasteiger partial charge >= 0.3 is 5.97 Å². The zero-order valence-electron chi connectivity index (χ0n) is 9.06. The van der Waals surface area contributed by atoms with Crippen molar-refractivity contribution in [3.63, 3.8) is 0 Å². The highest BCUT2D eigenvalue weighted by atomic mass is 79.9. The van der Waals surface area contributed by atoms with Gasteiger partial charge in [-0.25, -0.2) is 0 Å². The van der Waals surface area contributed by atoms with Crippen LogP contribution in [0.2, 0.25) is 0 Å². The fourth-order valence-corrected chi connectivity index (χ4v) is 1.54. The molecule has 0 saturated heterocycles. The fraction of sp³-hybridized carbons (Fsp3) is 0.909. The van der Waals surface area contributed by atoms with Crippen LogP contribution in [0.3, 0.4) is 0 Å². The molecule has 0 aliphatic rings. The van der Waals surface area contributed by atoms with Crippen LogP contribution in [0.4, 0.5) is 0 Å². The number of ether oxygens (including phenoxy) is 1. The van der Waals surface area contributed by atoms with E-state index in [0.717, 1.165) is 6.42 Å². The van der Waals surface area contributed by atoms with Crippen LogP contribution in [0, 0.1) is 0 Å². The lowest BCUT2D eigenvalue weighted by molar-refractivity contribution is -0.143. The van der Waals surface area contributed by atoms with Gasteiger partial charge in [-0.1, -0.05) is 55.0 Å². The normalized spacial score (nSPS) is 10.1. The molecule has 0 aromatic heterocycles. The SMILES string of the molecule is CCCCCCCCOC(=O)CCBr. The molecule has 0 spiro atoms. The summed E-state index contributed by atoms with van der Waals surface area (Å²) in [6.07, 6.45) is 7.86. The van der Waals surface area contributed by atoms with Gasteiger partial charge in [0.15, 0.2) is 0 Å². The molecule has 0 saturated carbocycles. The Hall–Kier alpha value is -0.0500. The predicted octanol–water partition coefficient (Wildman–Crippen LogP) is 3.68. The van der Waals surface area contributed by atoms with Crippen molar-refractivity contribution in [1.29, 1.82) is 0 Å². The largest absolute Gasteiger partial charge is 0.466 e. The second-order valence-electron chi connectivity index (χ2n) is 3.43. The van der Waals surface area contributed by atoms with Gasteiger partial charge in [-0.2, -0.15) is 0 Å². The van der Waals surface area contributed by atoms with Crippen LogP contribution in [0.1, 0.15) is 51.9 Å². The van der Waals surface area contributed by atoms with Crippen molar-refractivity contribution in [1.82, 2.24) is 0 Å². The first-order valence-corrected chi connectivity index (χ1v) is 6.65. The average Bonchev–Trinajstić information content (AvgIpc) is 2.17. The van der Waals surface area contributed by atoms with Crippen LogP contribution >= 0.6 is 15.9 Å². The Balaban J connectivity index is 3.01. The van der Waals surface area contributed by atoms with E-state index >= 15 is 0 Å². The summed E-state index contributed by atoms with van der Waals surface area (Å²) in [5.41, 5.74) is 0. The summed E-state index contributed by atoms with van der Waals surface area (Å²) >= 11 is 3.20. The van der Waals surface area contributed by atoms with E-state index < -0.39 is 0 Å². The fourth-order valence-electron chi connectivity index (χ4n) is 1.22. The first-order valence-electron chi connectivity index (χ1n) is 5.52. The van der Waals surface area contributed by atoms with Gasteiger partial charge in [0, 0.05) is 5.33 Å². The van der Waals surface area contributed by atoms with E-state index in [2.05, 4.69) is 22.9 Å². The zero-order valence-corrected chi connectivity index (χ0v) is 10.6. The van der Waals surface area contributed by atoms with E-state index in [0.29, 0.717) is 18.4 Å². The number of hydrogen-bond donors (Lipinski definition) is 0. The summed E-state index contributed by atoms with van der Waals surface area (Å²) in [5.74, 6) is -0.0876. The number of alkyl halides is 1. The number of esters is 1. The summed E-state index contributed by atoms with van der Waals surface area (Å²) in [6.45, 7) is 2.81. The van der Waals surface area contributed by atoms with Gasteiger partial charge in [0.1, 0.15) is 0 Å². The lowest BCUT2D eigenvalue weighted by Gasteiger charge is -2.03. The molecule has 0 fully saturated rings. The van der Waals surface area contributed by atoms with Crippen molar-refractivity contribution >= 4 is 21.9 Å². The average molecular weight is 265 g/mol. The van der Waals surface area contributed by atoms with E-state index in [1.54, 1.807) is 0 Å². The molecule has 0 heterocycles. The van der Waals surface area contributed by atoms with Crippen molar-refractivity contribution in [2.45, 2.75) is 51.9 Å². The van der Waals surface area contributed by atoms with E-state index in [-0.39, 0.29) is 5.97 Å². The molecule has 0 atom stereocenters. The third-order valence-corrected chi connectivity index (χ3v) is 2.46. The summed E-state index contributed by atoms with van der Waals surface area (Å²) < 4.78 is 5.02. The monoisotopic (exact) mass is 264 g/mol. The molecule has 0 bridgehead atoms. The Kier molecular flexibility index (Phi) is 11.0. The molecule has 3 heteroatoms. The highest BCUT2D eigenvalue weighted by Gasteiger charge is 1.99. The highest BCUT2D eigenvalue weighted by molar-refractivity contribution is 9.09. The molecule has 0 aromatic carbocycles. The molecule has 0 unspecified atom stereocenters. The molecule has 0 radical (unpaired) electrons. The zero-order chi connectivity index (χ0) is 10.6. The van der Waals surface area contributed by atoms with E-state index in [1.165, 1.54) is 32.1 Å². The highest BCUT2D eigenvalue weighted by Crippen LogP contribution is 2.05. The smallest absolute Gasteiger partial charge is 0.306 e. The van der Waals surface area contributed by atoms with Crippen molar-refractivity contribution in [3.8, 4) is 0 Å². The summed E-state index contributed by atoms with van der Waals surface area (Å²) in [7, 11) is 0. The topological polar surface area (TPSA) is 26.3 Å². The van der Waals surface area contributed by atoms with Crippen LogP contribution in [0.5, 0.6) is 0 Å². The Morgan fingerprint density at radius 3 is 2.43 bits per heavy atom. The second-order valence-corrected chi connectivity index (χ2v) is 4.22. The van der Waals surface area contributed by atoms with Crippen LogP contribution < -0.4 is 0 Å². The summed E-state index contributed by atoms with van der Waals surface area (Å²) in [6, 6.07) is 0. The Labute approximate surface area is 95.5 Å². The number of halogens is 1. The molecule has 0 rings (SSSR count). The maximum Gasteiger partial charge on any atom is 0.306 e. The molecule has 0 aromatic rings. The van der Waals surface area contributed by atoms with Crippen LogP contribution in [0.25, 0.3) is 0 Å². The minimum atomic E-state index is -0.0876. The van der Waals surface area contributed by atoms with Gasteiger partial charge in [-0.3, -0.25) is 4.79 Å². The lowest BCUT2D eigenvalue weighted by Crippen LogP contribution is -2.05. The molecule has 84 valence electrons. The maximum atomic E-state index is 10.9. The summed E-state index contributed by atoms with van der Waals surface area (Å²) in [4.78, 5) is 10.9. The van der Waals surface area contributed by atoms with Gasteiger partial charge < -0.3 is 4.74 Å². The Morgan fingerprint density at radius 2 is 1.79 bits per heavy atom. The second kappa shape index (κ2) is 11.0. The number of rotatable bonds is 9. The van der Waals surface area contributed by atoms with Crippen molar-refractivity contribution in [2.24, 2.45) is 0 Å². The number of hydrogen-bond acceptors (Lipinski definition) is 2. The standard InChI is InChI=1S/C11H21BrO2/c1-2-3-4-5-6-7-10-14-11(13)8-9-12/h2-10H2,1H3. The van der Waals surface area contributed by atoms with E-state index in [4.69, 9.17) is 4.74 Å². The molecule has 0 aliphatic carbocycles. The van der Waals surface area contributed by atoms with Gasteiger partial charge in [-0.05, 0) is 6.42 Å². The van der Waals surface area contributed by atoms with Crippen LogP contribution in [0.15, 0.2) is 0 Å². The Morgan fingerprint density at radius 1 is 1.14 bits per heavy atom. The molecule has 2 nitrogen and oxygen atoms in total. The van der Waals surface area contributed by atoms with Gasteiger partial charge in [-0.15, -0.1) is 0 Å². The molecule has 0 N–H and O–H groups in total. The maximum absolute atomic E-state index is 10.9. The molecular weight excluding hydrogens is 244 g/mol. The first-order chi connectivity index (χ1) is 6.81. The van der Waals surface area contributed by atoms with Crippen molar-refractivity contribution < 1.29 is 9.53 Å². The van der Waals surface area contributed by atoms with Crippen LogP contribution in [-0.4, -0.2) is 17.9 Å². The summed E-state index contributed by atoms with van der Waals surface area (Å²) in [5, 5.41) is 0.697. The molecule has 14 heavy (non-hydrogen) atoms. The van der Waals surface area contributed by atoms with E-state index in [9.17, 15) is 4.79 Å². The predicted molar refractivity (Wildman–Crippen MR) is 62.7 cm³/mol. The molecular formula is C11H21BrO2. The van der Waals surface area contributed by atoms with Gasteiger partial charge in [0.2, 0.25) is 0 Å². The molecule has 0 aliphatic heterocycles. The third-order valence-electron chi connectivity index (χ3n) is 2.06. The number of carbonyl (C=O) groups is 1. The third kappa shape index (κ3) is 10.0. The minimum absolute atomic E-state index is 0.0876. The van der Waals surface area contributed by atoms with Gasteiger partial charge in [0.25, 0.3) is 0 Å². The van der Waals surface area contributed by atoms with E-state index in [1.807, 2.05) is 0 Å². The quantitative estimate of drug-likeness (QED) is 0.361. The number of carbonyl (C=O) groups excluding carboxylic acids is 1.